The number of aromatic nitrogens is 2. The molecular formula is C23H24ClN3O7S. The Bertz CT molecular complexity index is 1270. The number of amides is 1. The highest BCUT2D eigenvalue weighted by molar-refractivity contribution is 7.93. The van der Waals surface area contributed by atoms with Crippen LogP contribution >= 0.6 is 11.6 Å². The molecule has 2 heterocycles. The molecule has 1 fully saturated rings. The number of nitrogens with zero attached hydrogens (tertiary/aromatic N) is 2. The number of carbonyl (C=O) groups is 1. The van der Waals surface area contributed by atoms with Crippen LogP contribution in [0.3, 0.4) is 0 Å². The fourth-order valence-corrected chi connectivity index (χ4v) is 6.03. The molecule has 0 spiro atoms. The fourth-order valence-electron chi connectivity index (χ4n) is 3.87. The first-order chi connectivity index (χ1) is 16.9. The maximum absolute atomic E-state index is 13.3. The van der Waals surface area contributed by atoms with Crippen LogP contribution < -0.4 is 10.2 Å². The van der Waals surface area contributed by atoms with Gasteiger partial charge in [0.2, 0.25) is 11.8 Å². The average molecular weight is 522 g/mol. The van der Waals surface area contributed by atoms with Crippen molar-refractivity contribution in [2.75, 3.05) is 19.8 Å². The molecule has 0 unspecified atom stereocenters. The Morgan fingerprint density at radius 2 is 1.83 bits per heavy atom. The number of halogens is 1. The van der Waals surface area contributed by atoms with Gasteiger partial charge in [-0.05, 0) is 55.7 Å². The first-order valence-corrected chi connectivity index (χ1v) is 12.8. The monoisotopic (exact) mass is 521 g/mol. The van der Waals surface area contributed by atoms with E-state index < -0.39 is 20.5 Å². The van der Waals surface area contributed by atoms with Gasteiger partial charge in [0.1, 0.15) is 5.75 Å². The Hall–Kier alpha value is -2.99. The smallest absolute Gasteiger partial charge is 0.265 e. The van der Waals surface area contributed by atoms with Gasteiger partial charge in [-0.3, -0.25) is 10.0 Å². The van der Waals surface area contributed by atoms with Gasteiger partial charge in [-0.1, -0.05) is 23.7 Å². The Labute approximate surface area is 207 Å². The molecule has 0 atom stereocenters. The van der Waals surface area contributed by atoms with Gasteiger partial charge >= 0.3 is 0 Å². The average Bonchev–Trinajstić information content (AvgIpc) is 3.35. The summed E-state index contributed by atoms with van der Waals surface area (Å²) in [6.07, 6.45) is 0.983. The zero-order chi connectivity index (χ0) is 24.9. The van der Waals surface area contributed by atoms with E-state index in [0.717, 1.165) is 0 Å². The summed E-state index contributed by atoms with van der Waals surface area (Å²) >= 11 is 6.15. The molecule has 0 bridgehead atoms. The molecule has 10 nitrogen and oxygen atoms in total. The number of carbonyl (C=O) groups excluding carboxylic acids is 1. The van der Waals surface area contributed by atoms with Crippen LogP contribution in [0.4, 0.5) is 0 Å². The number of hydrogen-bond donors (Lipinski definition) is 2. The molecule has 0 radical (unpaired) electrons. The summed E-state index contributed by atoms with van der Waals surface area (Å²) in [5, 5.41) is 17.7. The van der Waals surface area contributed by atoms with Crippen LogP contribution in [0.1, 0.15) is 25.2 Å². The number of hydroxylamine groups is 1. The van der Waals surface area contributed by atoms with Gasteiger partial charge in [0.15, 0.2) is 14.6 Å². The summed E-state index contributed by atoms with van der Waals surface area (Å²) in [5.41, 5.74) is 2.17. The SMILES string of the molecule is O=C(NO)C1(S(=O)(=O)c2ccc(OCCCc3nnc(-c4ccccc4Cl)o3)cc2)CCOCC1. The number of hydrogen-bond acceptors (Lipinski definition) is 9. The van der Waals surface area contributed by atoms with Crippen molar-refractivity contribution in [2.24, 2.45) is 0 Å². The number of ether oxygens (including phenoxy) is 2. The zero-order valence-corrected chi connectivity index (χ0v) is 20.2. The summed E-state index contributed by atoms with van der Waals surface area (Å²) in [6.45, 7) is 0.547. The molecular weight excluding hydrogens is 498 g/mol. The minimum absolute atomic E-state index is 0.0340. The van der Waals surface area contributed by atoms with Gasteiger partial charge < -0.3 is 13.9 Å². The normalized spacial score (nSPS) is 15.5. The topological polar surface area (TPSA) is 141 Å². The van der Waals surface area contributed by atoms with Gasteiger partial charge in [-0.2, -0.15) is 0 Å². The second-order valence-electron chi connectivity index (χ2n) is 7.96. The Balaban J connectivity index is 1.34. The maximum atomic E-state index is 13.3. The minimum atomic E-state index is -4.08. The molecule has 12 heteroatoms. The standard InChI is InChI=1S/C23H24ClN3O7S/c24-19-5-2-1-4-18(19)21-26-25-20(34-21)6-3-13-33-16-7-9-17(10-8-16)35(30,31)23(22(28)27-29)11-14-32-15-12-23/h1-2,4-5,7-10,29H,3,6,11-15H2,(H,27,28). The summed E-state index contributed by atoms with van der Waals surface area (Å²) in [7, 11) is -4.08. The van der Waals surface area contributed by atoms with E-state index >= 15 is 0 Å². The highest BCUT2D eigenvalue weighted by Gasteiger charge is 2.52. The molecule has 35 heavy (non-hydrogen) atoms. The largest absolute Gasteiger partial charge is 0.494 e. The number of rotatable bonds is 9. The highest BCUT2D eigenvalue weighted by Crippen LogP contribution is 2.36. The predicted octanol–water partition coefficient (Wildman–Crippen LogP) is 3.23. The van der Waals surface area contributed by atoms with Crippen LogP contribution in [0.25, 0.3) is 11.5 Å². The van der Waals surface area contributed by atoms with Crippen molar-refractivity contribution in [1.29, 1.82) is 0 Å². The first kappa shape index (κ1) is 25.1. The molecule has 1 aliphatic rings. The van der Waals surface area contributed by atoms with E-state index in [2.05, 4.69) is 10.2 Å². The summed E-state index contributed by atoms with van der Waals surface area (Å²) in [6, 6.07) is 13.0. The van der Waals surface area contributed by atoms with Crippen LogP contribution in [-0.4, -0.2) is 54.3 Å². The van der Waals surface area contributed by atoms with Crippen molar-refractivity contribution in [2.45, 2.75) is 35.3 Å². The Morgan fingerprint density at radius 3 is 2.51 bits per heavy atom. The van der Waals surface area contributed by atoms with Crippen LogP contribution in [0.15, 0.2) is 57.8 Å². The van der Waals surface area contributed by atoms with E-state index in [1.807, 2.05) is 12.1 Å². The van der Waals surface area contributed by atoms with Crippen molar-refractivity contribution in [3.63, 3.8) is 0 Å². The molecule has 2 N–H and O–H groups in total. The van der Waals surface area contributed by atoms with E-state index in [1.165, 1.54) is 29.7 Å². The van der Waals surface area contributed by atoms with Gasteiger partial charge in [0.05, 0.1) is 22.1 Å². The molecule has 1 amide bonds. The first-order valence-electron chi connectivity index (χ1n) is 10.9. The predicted molar refractivity (Wildman–Crippen MR) is 125 cm³/mol. The van der Waals surface area contributed by atoms with Crippen molar-refractivity contribution >= 4 is 27.3 Å². The third-order valence-electron chi connectivity index (χ3n) is 5.84. The second kappa shape index (κ2) is 10.7. The molecule has 1 aromatic heterocycles. The summed E-state index contributed by atoms with van der Waals surface area (Å²) in [5.74, 6) is 0.313. The molecule has 186 valence electrons. The molecule has 1 saturated heterocycles. The van der Waals surface area contributed by atoms with Crippen molar-refractivity contribution < 1.29 is 32.3 Å². The van der Waals surface area contributed by atoms with E-state index in [0.29, 0.717) is 47.6 Å². The lowest BCUT2D eigenvalue weighted by atomic mass is 9.98. The molecule has 1 aliphatic heterocycles. The van der Waals surface area contributed by atoms with Crippen LogP contribution in [0, 0.1) is 0 Å². The maximum Gasteiger partial charge on any atom is 0.265 e. The Kier molecular flexibility index (Phi) is 7.70. The van der Waals surface area contributed by atoms with E-state index in [1.54, 1.807) is 12.1 Å². The van der Waals surface area contributed by atoms with E-state index in [-0.39, 0.29) is 31.0 Å². The fraction of sp³-hybridized carbons (Fsp3) is 0.348. The number of benzene rings is 2. The summed E-state index contributed by atoms with van der Waals surface area (Å²) in [4.78, 5) is 12.3. The number of sulfone groups is 1. The Morgan fingerprint density at radius 1 is 1.11 bits per heavy atom. The number of nitrogens with one attached hydrogen (secondary N) is 1. The lowest BCUT2D eigenvalue weighted by molar-refractivity contribution is -0.134. The third kappa shape index (κ3) is 5.18. The van der Waals surface area contributed by atoms with Gasteiger partial charge in [0.25, 0.3) is 5.91 Å². The molecule has 3 aromatic rings. The van der Waals surface area contributed by atoms with Crippen LogP contribution in [0.2, 0.25) is 5.02 Å². The second-order valence-corrected chi connectivity index (χ2v) is 10.6. The quantitative estimate of drug-likeness (QED) is 0.246. The van der Waals surface area contributed by atoms with Crippen LogP contribution in [0.5, 0.6) is 5.75 Å². The van der Waals surface area contributed by atoms with Gasteiger partial charge in [0, 0.05) is 19.6 Å². The van der Waals surface area contributed by atoms with Crippen LogP contribution in [-0.2, 0) is 25.8 Å². The lowest BCUT2D eigenvalue weighted by Gasteiger charge is -2.34. The van der Waals surface area contributed by atoms with Gasteiger partial charge in [-0.25, -0.2) is 13.9 Å². The highest BCUT2D eigenvalue weighted by atomic mass is 35.5. The lowest BCUT2D eigenvalue weighted by Crippen LogP contribution is -2.54. The third-order valence-corrected chi connectivity index (χ3v) is 8.68. The molecule has 0 saturated carbocycles. The summed E-state index contributed by atoms with van der Waals surface area (Å²) < 4.78 is 41.3. The van der Waals surface area contributed by atoms with Gasteiger partial charge in [-0.15, -0.1) is 10.2 Å². The number of aryl methyl sites for hydroxylation is 1. The van der Waals surface area contributed by atoms with E-state index in [4.69, 9.17) is 30.7 Å². The van der Waals surface area contributed by atoms with Crippen molar-refractivity contribution in [1.82, 2.24) is 15.7 Å². The van der Waals surface area contributed by atoms with E-state index in [9.17, 15) is 13.2 Å². The van der Waals surface area contributed by atoms with Crippen molar-refractivity contribution in [3.8, 4) is 17.2 Å². The minimum Gasteiger partial charge on any atom is -0.494 e. The zero-order valence-electron chi connectivity index (χ0n) is 18.6. The van der Waals surface area contributed by atoms with Crippen molar-refractivity contribution in [3.05, 3.63) is 59.4 Å². The molecule has 2 aromatic carbocycles. The molecule has 0 aliphatic carbocycles. The molecule has 4 rings (SSSR count).